The summed E-state index contributed by atoms with van der Waals surface area (Å²) >= 11 is 6.02. The van der Waals surface area contributed by atoms with Gasteiger partial charge in [-0.2, -0.15) is 0 Å². The summed E-state index contributed by atoms with van der Waals surface area (Å²) in [6, 6.07) is 5.68. The zero-order valence-corrected chi connectivity index (χ0v) is 12.2. The number of rotatable bonds is 5. The molecule has 1 unspecified atom stereocenters. The molecule has 1 atom stereocenters. The number of aliphatic hydroxyl groups is 1. The number of hydrogen-bond acceptors (Lipinski definition) is 3. The topological polar surface area (TPSA) is 41.5 Å². The molecule has 2 N–H and O–H groups in total. The van der Waals surface area contributed by atoms with Crippen molar-refractivity contribution in [3.8, 4) is 0 Å². The van der Waals surface area contributed by atoms with Crippen LogP contribution in [0.25, 0.3) is 0 Å². The number of aliphatic hydroxyl groups excluding tert-OH is 1. The van der Waals surface area contributed by atoms with Crippen molar-refractivity contribution in [2.75, 3.05) is 18.5 Å². The molecule has 0 saturated heterocycles. The van der Waals surface area contributed by atoms with E-state index < -0.39 is 6.10 Å². The van der Waals surface area contributed by atoms with Crippen LogP contribution in [0.1, 0.15) is 26.3 Å². The maximum absolute atomic E-state index is 9.81. The molecule has 102 valence electrons. The van der Waals surface area contributed by atoms with Crippen LogP contribution < -0.4 is 5.32 Å². The summed E-state index contributed by atoms with van der Waals surface area (Å²) in [7, 11) is 0. The first-order chi connectivity index (χ1) is 8.29. The highest BCUT2D eigenvalue weighted by Crippen LogP contribution is 2.22. The van der Waals surface area contributed by atoms with Crippen molar-refractivity contribution >= 4 is 17.3 Å². The molecule has 1 aromatic carbocycles. The van der Waals surface area contributed by atoms with Crippen molar-refractivity contribution in [3.05, 3.63) is 28.8 Å². The molecule has 0 saturated carbocycles. The van der Waals surface area contributed by atoms with Gasteiger partial charge in [0.2, 0.25) is 0 Å². The number of nitrogens with one attached hydrogen (secondary N) is 1. The molecule has 4 heteroatoms. The van der Waals surface area contributed by atoms with Gasteiger partial charge >= 0.3 is 0 Å². The smallest absolute Gasteiger partial charge is 0.0945 e. The molecule has 0 aromatic heterocycles. The van der Waals surface area contributed by atoms with Crippen LogP contribution >= 0.6 is 11.6 Å². The molecule has 0 radical (unpaired) electrons. The minimum Gasteiger partial charge on any atom is -0.389 e. The molecule has 0 fully saturated rings. The number of halogens is 1. The molecule has 1 aromatic rings. The lowest BCUT2D eigenvalue weighted by Gasteiger charge is -2.22. The first-order valence-electron chi connectivity index (χ1n) is 6.10. The number of benzene rings is 1. The minimum atomic E-state index is -0.539. The molecule has 0 bridgehead atoms. The normalized spacial score (nSPS) is 13.4. The van der Waals surface area contributed by atoms with Gasteiger partial charge in [0.1, 0.15) is 0 Å². The van der Waals surface area contributed by atoms with Gasteiger partial charge in [-0.15, -0.1) is 0 Å². The van der Waals surface area contributed by atoms with E-state index in [4.69, 9.17) is 16.3 Å². The Kier molecular flexibility index (Phi) is 5.45. The van der Waals surface area contributed by atoms with E-state index in [2.05, 4.69) is 5.32 Å². The Labute approximate surface area is 114 Å². The Morgan fingerprint density at radius 1 is 1.39 bits per heavy atom. The molecule has 3 nitrogen and oxygen atoms in total. The Bertz CT molecular complexity index is 388. The summed E-state index contributed by atoms with van der Waals surface area (Å²) in [6.07, 6.45) is -0.539. The molecular weight excluding hydrogens is 250 g/mol. The molecule has 18 heavy (non-hydrogen) atoms. The van der Waals surface area contributed by atoms with Gasteiger partial charge in [0.15, 0.2) is 0 Å². The first kappa shape index (κ1) is 15.3. The van der Waals surface area contributed by atoms with E-state index in [1.807, 2.05) is 45.9 Å². The van der Waals surface area contributed by atoms with Gasteiger partial charge in [-0.1, -0.05) is 17.7 Å². The third kappa shape index (κ3) is 5.25. The molecular formula is C14H22ClNO2. The van der Waals surface area contributed by atoms with Gasteiger partial charge in [0.25, 0.3) is 0 Å². The summed E-state index contributed by atoms with van der Waals surface area (Å²) < 4.78 is 5.52. The lowest BCUT2D eigenvalue weighted by molar-refractivity contribution is -0.0449. The van der Waals surface area contributed by atoms with Gasteiger partial charge in [0.05, 0.1) is 18.3 Å². The minimum absolute atomic E-state index is 0.229. The Morgan fingerprint density at radius 2 is 2.06 bits per heavy atom. The van der Waals surface area contributed by atoms with E-state index in [1.54, 1.807) is 0 Å². The number of ether oxygens (including phenoxy) is 1. The predicted molar refractivity (Wildman–Crippen MR) is 76.4 cm³/mol. The van der Waals surface area contributed by atoms with Gasteiger partial charge in [-0.05, 0) is 45.4 Å². The average molecular weight is 272 g/mol. The standard InChI is InChI=1S/C14H22ClNO2/c1-10-12(15)6-5-7-13(10)16-8-11(17)9-18-14(2,3)4/h5-7,11,16-17H,8-9H2,1-4H3. The average Bonchev–Trinajstić information content (AvgIpc) is 2.27. The lowest BCUT2D eigenvalue weighted by Crippen LogP contribution is -2.30. The highest BCUT2D eigenvalue weighted by Gasteiger charge is 2.13. The third-order valence-electron chi connectivity index (χ3n) is 2.50. The van der Waals surface area contributed by atoms with Crippen molar-refractivity contribution in [1.82, 2.24) is 0 Å². The van der Waals surface area contributed by atoms with Crippen molar-refractivity contribution in [1.29, 1.82) is 0 Å². The maximum atomic E-state index is 9.81. The molecule has 0 aliphatic heterocycles. The highest BCUT2D eigenvalue weighted by atomic mass is 35.5. The summed E-state index contributed by atoms with van der Waals surface area (Å²) in [6.45, 7) is 8.60. The van der Waals surface area contributed by atoms with Crippen LogP contribution in [0.3, 0.4) is 0 Å². The quantitative estimate of drug-likeness (QED) is 0.864. The van der Waals surface area contributed by atoms with Crippen LogP contribution in [0, 0.1) is 6.92 Å². The third-order valence-corrected chi connectivity index (χ3v) is 2.91. The van der Waals surface area contributed by atoms with Crippen LogP contribution in [0.5, 0.6) is 0 Å². The number of anilines is 1. The monoisotopic (exact) mass is 271 g/mol. The second kappa shape index (κ2) is 6.41. The van der Waals surface area contributed by atoms with Crippen LogP contribution in [0.2, 0.25) is 5.02 Å². The highest BCUT2D eigenvalue weighted by molar-refractivity contribution is 6.31. The van der Waals surface area contributed by atoms with E-state index in [0.717, 1.165) is 16.3 Å². The molecule has 0 aliphatic carbocycles. The predicted octanol–water partition coefficient (Wildman–Crippen LogP) is 3.24. The Hall–Kier alpha value is -0.770. The Morgan fingerprint density at radius 3 is 2.67 bits per heavy atom. The van der Waals surface area contributed by atoms with Crippen molar-refractivity contribution in [2.24, 2.45) is 0 Å². The summed E-state index contributed by atoms with van der Waals surface area (Å²) in [4.78, 5) is 0. The van der Waals surface area contributed by atoms with Gasteiger partial charge < -0.3 is 15.2 Å². The van der Waals surface area contributed by atoms with Crippen molar-refractivity contribution in [3.63, 3.8) is 0 Å². The molecule has 1 rings (SSSR count). The fourth-order valence-corrected chi connectivity index (χ4v) is 1.61. The Balaban J connectivity index is 2.43. The fourth-order valence-electron chi connectivity index (χ4n) is 1.43. The maximum Gasteiger partial charge on any atom is 0.0945 e. The second-order valence-corrected chi connectivity index (χ2v) is 5.78. The second-order valence-electron chi connectivity index (χ2n) is 5.37. The van der Waals surface area contributed by atoms with Gasteiger partial charge in [-0.3, -0.25) is 0 Å². The largest absolute Gasteiger partial charge is 0.389 e. The summed E-state index contributed by atoms with van der Waals surface area (Å²) in [5, 5.41) is 13.7. The van der Waals surface area contributed by atoms with E-state index in [-0.39, 0.29) is 5.60 Å². The molecule has 0 amide bonds. The van der Waals surface area contributed by atoms with E-state index in [0.29, 0.717) is 13.2 Å². The molecule has 0 aliphatic rings. The SMILES string of the molecule is Cc1c(Cl)cccc1NCC(O)COC(C)(C)C. The zero-order valence-electron chi connectivity index (χ0n) is 11.5. The zero-order chi connectivity index (χ0) is 13.8. The number of hydrogen-bond donors (Lipinski definition) is 2. The molecule has 0 heterocycles. The fraction of sp³-hybridized carbons (Fsp3) is 0.571. The molecule has 0 spiro atoms. The van der Waals surface area contributed by atoms with Crippen molar-refractivity contribution < 1.29 is 9.84 Å². The van der Waals surface area contributed by atoms with Gasteiger partial charge in [-0.25, -0.2) is 0 Å². The summed E-state index contributed by atoms with van der Waals surface area (Å²) in [5.74, 6) is 0. The van der Waals surface area contributed by atoms with Crippen LogP contribution in [0.15, 0.2) is 18.2 Å². The van der Waals surface area contributed by atoms with E-state index in [1.165, 1.54) is 0 Å². The summed E-state index contributed by atoms with van der Waals surface area (Å²) in [5.41, 5.74) is 1.70. The first-order valence-corrected chi connectivity index (χ1v) is 6.48. The van der Waals surface area contributed by atoms with Crippen LogP contribution in [-0.2, 0) is 4.74 Å². The van der Waals surface area contributed by atoms with Crippen LogP contribution in [-0.4, -0.2) is 30.0 Å². The van der Waals surface area contributed by atoms with Crippen molar-refractivity contribution in [2.45, 2.75) is 39.4 Å². The lowest BCUT2D eigenvalue weighted by atomic mass is 10.2. The van der Waals surface area contributed by atoms with Gasteiger partial charge in [0, 0.05) is 17.3 Å². The van der Waals surface area contributed by atoms with E-state index in [9.17, 15) is 5.11 Å². The van der Waals surface area contributed by atoms with E-state index >= 15 is 0 Å². The van der Waals surface area contributed by atoms with Crippen LogP contribution in [0.4, 0.5) is 5.69 Å².